The molecule has 0 unspecified atom stereocenters. The number of carbonyl (C=O) groups is 1. The van der Waals surface area contributed by atoms with E-state index in [9.17, 15) is 4.79 Å². The highest BCUT2D eigenvalue weighted by Crippen LogP contribution is 2.19. The van der Waals surface area contributed by atoms with Gasteiger partial charge in [-0.25, -0.2) is 0 Å². The Hall–Kier alpha value is 0.420. The number of hydrogen-bond acceptors (Lipinski definition) is 4. The molecule has 0 rings (SSSR count). The SMILES string of the molecule is Cl.NCCSSCC(=O)O. The molecule has 0 fully saturated rings. The topological polar surface area (TPSA) is 63.3 Å². The van der Waals surface area contributed by atoms with Gasteiger partial charge < -0.3 is 10.8 Å². The third kappa shape index (κ3) is 11.2. The number of rotatable bonds is 5. The van der Waals surface area contributed by atoms with Gasteiger partial charge in [0.2, 0.25) is 0 Å². The maximum absolute atomic E-state index is 9.90. The van der Waals surface area contributed by atoms with Crippen LogP contribution in [0.25, 0.3) is 0 Å². The third-order valence-corrected chi connectivity index (χ3v) is 2.75. The van der Waals surface area contributed by atoms with Crippen molar-refractivity contribution < 1.29 is 9.90 Å². The molecule has 3 N–H and O–H groups in total. The second-order valence-electron chi connectivity index (χ2n) is 1.27. The highest BCUT2D eigenvalue weighted by molar-refractivity contribution is 8.76. The van der Waals surface area contributed by atoms with Gasteiger partial charge in [-0.05, 0) is 0 Å². The Bertz CT molecular complexity index is 93.3. The first-order valence-corrected chi connectivity index (χ1v) is 4.92. The fourth-order valence-corrected chi connectivity index (χ4v) is 1.79. The van der Waals surface area contributed by atoms with Crippen LogP contribution in [0.4, 0.5) is 0 Å². The molecule has 0 radical (unpaired) electrons. The molecule has 6 heteroatoms. The average Bonchev–Trinajstić information content (AvgIpc) is 1.80. The Morgan fingerprint density at radius 3 is 2.50 bits per heavy atom. The van der Waals surface area contributed by atoms with Crippen molar-refractivity contribution in [2.24, 2.45) is 5.73 Å². The van der Waals surface area contributed by atoms with Gasteiger partial charge in [0.15, 0.2) is 0 Å². The molecule has 0 aliphatic carbocycles. The number of halogens is 1. The number of carboxylic acids is 1. The van der Waals surface area contributed by atoms with E-state index in [0.29, 0.717) is 6.54 Å². The lowest BCUT2D eigenvalue weighted by Gasteiger charge is -1.92. The summed E-state index contributed by atoms with van der Waals surface area (Å²) in [6.07, 6.45) is 0. The van der Waals surface area contributed by atoms with E-state index in [-0.39, 0.29) is 18.2 Å². The van der Waals surface area contributed by atoms with Gasteiger partial charge in [-0.1, -0.05) is 21.6 Å². The molecule has 62 valence electrons. The molecule has 0 saturated heterocycles. The first-order valence-electron chi connectivity index (χ1n) is 2.43. The molecular weight excluding hydrogens is 194 g/mol. The molecule has 0 aromatic rings. The molecule has 0 aliphatic heterocycles. The van der Waals surface area contributed by atoms with Gasteiger partial charge in [-0.15, -0.1) is 12.4 Å². The number of carboxylic acid groups (broad SMARTS) is 1. The second-order valence-corrected chi connectivity index (χ2v) is 3.85. The molecule has 0 aromatic carbocycles. The maximum atomic E-state index is 9.90. The van der Waals surface area contributed by atoms with Crippen LogP contribution in [0, 0.1) is 0 Å². The van der Waals surface area contributed by atoms with Gasteiger partial charge in [0.1, 0.15) is 5.75 Å². The van der Waals surface area contributed by atoms with Crippen LogP contribution in [-0.2, 0) is 4.79 Å². The van der Waals surface area contributed by atoms with E-state index in [0.717, 1.165) is 5.75 Å². The van der Waals surface area contributed by atoms with Crippen molar-refractivity contribution >= 4 is 40.0 Å². The minimum atomic E-state index is -0.774. The molecule has 10 heavy (non-hydrogen) atoms. The van der Waals surface area contributed by atoms with E-state index in [1.54, 1.807) is 0 Å². The lowest BCUT2D eigenvalue weighted by atomic mass is 10.8. The normalized spacial score (nSPS) is 8.50. The summed E-state index contributed by atoms with van der Waals surface area (Å²) in [5.41, 5.74) is 5.16. The van der Waals surface area contributed by atoms with E-state index in [1.165, 1.54) is 21.6 Å². The van der Waals surface area contributed by atoms with Crippen LogP contribution in [0.2, 0.25) is 0 Å². The van der Waals surface area contributed by atoms with E-state index < -0.39 is 5.97 Å². The second kappa shape index (κ2) is 9.42. The van der Waals surface area contributed by atoms with E-state index in [1.807, 2.05) is 0 Å². The zero-order valence-electron chi connectivity index (χ0n) is 5.28. The van der Waals surface area contributed by atoms with Crippen molar-refractivity contribution in [3.05, 3.63) is 0 Å². The Morgan fingerprint density at radius 1 is 1.50 bits per heavy atom. The smallest absolute Gasteiger partial charge is 0.314 e. The summed E-state index contributed by atoms with van der Waals surface area (Å²) >= 11 is 0. The van der Waals surface area contributed by atoms with Gasteiger partial charge in [0, 0.05) is 12.3 Å². The summed E-state index contributed by atoms with van der Waals surface area (Å²) < 4.78 is 0. The summed E-state index contributed by atoms with van der Waals surface area (Å²) in [7, 11) is 2.82. The highest BCUT2D eigenvalue weighted by atomic mass is 35.5. The molecule has 0 amide bonds. The van der Waals surface area contributed by atoms with Crippen LogP contribution in [0.1, 0.15) is 0 Å². The Labute approximate surface area is 73.9 Å². The lowest BCUT2D eigenvalue weighted by molar-refractivity contribution is -0.133. The molecule has 0 saturated carbocycles. The van der Waals surface area contributed by atoms with Crippen LogP contribution >= 0.6 is 34.0 Å². The van der Waals surface area contributed by atoms with Crippen molar-refractivity contribution in [1.29, 1.82) is 0 Å². The molecule has 3 nitrogen and oxygen atoms in total. The van der Waals surface area contributed by atoms with Crippen LogP contribution in [0.3, 0.4) is 0 Å². The first-order chi connectivity index (χ1) is 4.27. The largest absolute Gasteiger partial charge is 0.481 e. The predicted molar refractivity (Wildman–Crippen MR) is 48.9 cm³/mol. The van der Waals surface area contributed by atoms with Crippen LogP contribution < -0.4 is 5.73 Å². The molecule has 0 aliphatic rings. The summed E-state index contributed by atoms with van der Waals surface area (Å²) in [6.45, 7) is 0.608. The van der Waals surface area contributed by atoms with Crippen LogP contribution in [0.5, 0.6) is 0 Å². The zero-order chi connectivity index (χ0) is 7.11. The van der Waals surface area contributed by atoms with E-state index in [2.05, 4.69) is 0 Å². The zero-order valence-corrected chi connectivity index (χ0v) is 7.73. The van der Waals surface area contributed by atoms with Gasteiger partial charge in [-0.2, -0.15) is 0 Å². The van der Waals surface area contributed by atoms with E-state index in [4.69, 9.17) is 10.8 Å². The van der Waals surface area contributed by atoms with Gasteiger partial charge in [0.25, 0.3) is 0 Å². The molecular formula is C4H10ClNO2S2. The summed E-state index contributed by atoms with van der Waals surface area (Å²) in [4.78, 5) is 9.90. The maximum Gasteiger partial charge on any atom is 0.314 e. The van der Waals surface area contributed by atoms with Gasteiger partial charge >= 0.3 is 5.97 Å². The molecule has 0 heterocycles. The number of hydrogen-bond donors (Lipinski definition) is 2. The lowest BCUT2D eigenvalue weighted by Crippen LogP contribution is -2.01. The van der Waals surface area contributed by atoms with Crippen molar-refractivity contribution in [2.45, 2.75) is 0 Å². The predicted octanol–water partition coefficient (Wildman–Crippen LogP) is 0.833. The Kier molecular flexibility index (Phi) is 12.3. The summed E-state index contributed by atoms with van der Waals surface area (Å²) in [6, 6.07) is 0. The standard InChI is InChI=1S/C4H9NO2S2.ClH/c5-1-2-8-9-3-4(6)7;/h1-3,5H2,(H,6,7);1H. The minimum absolute atomic E-state index is 0. The number of aliphatic carboxylic acids is 1. The van der Waals surface area contributed by atoms with Crippen LogP contribution in [0.15, 0.2) is 0 Å². The first kappa shape index (κ1) is 13.0. The van der Waals surface area contributed by atoms with Crippen LogP contribution in [-0.4, -0.2) is 29.1 Å². The fourth-order valence-electron chi connectivity index (χ4n) is 0.199. The van der Waals surface area contributed by atoms with Gasteiger partial charge in [-0.3, -0.25) is 4.79 Å². The molecule has 0 aromatic heterocycles. The van der Waals surface area contributed by atoms with Crippen molar-refractivity contribution in [1.82, 2.24) is 0 Å². The minimum Gasteiger partial charge on any atom is -0.481 e. The monoisotopic (exact) mass is 203 g/mol. The highest BCUT2D eigenvalue weighted by Gasteiger charge is 1.94. The quantitative estimate of drug-likeness (QED) is 0.512. The van der Waals surface area contributed by atoms with Crippen molar-refractivity contribution in [3.63, 3.8) is 0 Å². The molecule has 0 atom stereocenters. The Morgan fingerprint density at radius 2 is 2.10 bits per heavy atom. The Balaban J connectivity index is 0. The van der Waals surface area contributed by atoms with Crippen molar-refractivity contribution in [3.8, 4) is 0 Å². The third-order valence-electron chi connectivity index (χ3n) is 0.467. The average molecular weight is 204 g/mol. The summed E-state index contributed by atoms with van der Waals surface area (Å²) in [5.74, 6) is 0.201. The molecule has 0 spiro atoms. The summed E-state index contributed by atoms with van der Waals surface area (Å²) in [5, 5.41) is 8.15. The van der Waals surface area contributed by atoms with Crippen molar-refractivity contribution in [2.75, 3.05) is 18.1 Å². The number of nitrogens with two attached hydrogens (primary N) is 1. The molecule has 0 bridgehead atoms. The fraction of sp³-hybridized carbons (Fsp3) is 0.750. The van der Waals surface area contributed by atoms with Gasteiger partial charge in [0.05, 0.1) is 0 Å². The van der Waals surface area contributed by atoms with E-state index >= 15 is 0 Å².